The van der Waals surface area contributed by atoms with Crippen LogP contribution in [0.15, 0.2) is 48.5 Å². The lowest BCUT2D eigenvalue weighted by molar-refractivity contribution is -0.121. The van der Waals surface area contributed by atoms with Crippen LogP contribution in [0.5, 0.6) is 0 Å². The Balaban J connectivity index is 2.24. The molecule has 0 bridgehead atoms. The van der Waals surface area contributed by atoms with E-state index < -0.39 is 5.41 Å². The van der Waals surface area contributed by atoms with Crippen molar-refractivity contribution in [2.24, 2.45) is 0 Å². The molecule has 3 rings (SSSR count). The largest absolute Gasteiger partial charge is 0.314 e. The second-order valence-electron chi connectivity index (χ2n) is 5.37. The highest BCUT2D eigenvalue weighted by Crippen LogP contribution is 2.44. The minimum Gasteiger partial charge on any atom is -0.314 e. The Morgan fingerprint density at radius 2 is 1.63 bits per heavy atom. The number of rotatable bonds is 1. The lowest BCUT2D eigenvalue weighted by Gasteiger charge is -2.24. The molecule has 2 heteroatoms. The Kier molecular flexibility index (Phi) is 2.49. The van der Waals surface area contributed by atoms with Gasteiger partial charge in [0.25, 0.3) is 0 Å². The van der Waals surface area contributed by atoms with Crippen LogP contribution in [0.4, 0.5) is 5.69 Å². The second-order valence-corrected chi connectivity index (χ2v) is 5.37. The van der Waals surface area contributed by atoms with Crippen molar-refractivity contribution in [3.63, 3.8) is 0 Å². The van der Waals surface area contributed by atoms with E-state index in [0.29, 0.717) is 0 Å². The van der Waals surface area contributed by atoms with Crippen molar-refractivity contribution in [3.8, 4) is 0 Å². The summed E-state index contributed by atoms with van der Waals surface area (Å²) in [7, 11) is 1.85. The number of carbonyl (C=O) groups excluding carboxylic acids is 1. The van der Waals surface area contributed by atoms with Crippen molar-refractivity contribution in [1.29, 1.82) is 0 Å². The average Bonchev–Trinajstić information content (AvgIpc) is 2.63. The Bertz CT molecular complexity index is 645. The lowest BCUT2D eigenvalue weighted by atomic mass is 9.77. The fourth-order valence-electron chi connectivity index (χ4n) is 2.91. The zero-order valence-corrected chi connectivity index (χ0v) is 11.5. The van der Waals surface area contributed by atoms with Crippen molar-refractivity contribution in [3.05, 3.63) is 65.2 Å². The van der Waals surface area contributed by atoms with E-state index in [9.17, 15) is 4.79 Å². The molecule has 2 nitrogen and oxygen atoms in total. The van der Waals surface area contributed by atoms with Crippen LogP contribution in [0.3, 0.4) is 0 Å². The first-order valence-electron chi connectivity index (χ1n) is 6.50. The maximum Gasteiger partial charge on any atom is 0.241 e. The van der Waals surface area contributed by atoms with Gasteiger partial charge in [0, 0.05) is 12.7 Å². The molecule has 2 aromatic rings. The number of aryl methyl sites for hydroxylation is 1. The highest BCUT2D eigenvalue weighted by molar-refractivity contribution is 6.09. The van der Waals surface area contributed by atoms with E-state index in [0.717, 1.165) is 16.8 Å². The van der Waals surface area contributed by atoms with Crippen molar-refractivity contribution in [1.82, 2.24) is 0 Å². The lowest BCUT2D eigenvalue weighted by Crippen LogP contribution is -2.37. The number of hydrogen-bond donors (Lipinski definition) is 0. The summed E-state index contributed by atoms with van der Waals surface area (Å²) in [5.41, 5.74) is 3.79. The number of para-hydroxylation sites is 1. The normalized spacial score (nSPS) is 21.6. The van der Waals surface area contributed by atoms with Gasteiger partial charge in [-0.2, -0.15) is 0 Å². The molecule has 19 heavy (non-hydrogen) atoms. The zero-order valence-electron chi connectivity index (χ0n) is 11.5. The van der Waals surface area contributed by atoms with Crippen LogP contribution in [0.1, 0.15) is 23.6 Å². The molecule has 2 aromatic carbocycles. The standard InChI is InChI=1S/C17H17NO/c1-12-8-10-13(11-9-12)17(2)14-6-4-5-7-15(14)18(3)16(17)19/h4-11H,1-3H3/t17-/m1/s1. The van der Waals surface area contributed by atoms with Crippen molar-refractivity contribution in [2.45, 2.75) is 19.3 Å². The molecule has 0 unspecified atom stereocenters. The van der Waals surface area contributed by atoms with E-state index in [1.54, 1.807) is 4.90 Å². The zero-order chi connectivity index (χ0) is 13.6. The third kappa shape index (κ3) is 1.53. The summed E-state index contributed by atoms with van der Waals surface area (Å²) in [5, 5.41) is 0. The molecule has 0 saturated heterocycles. The molecule has 96 valence electrons. The highest BCUT2D eigenvalue weighted by atomic mass is 16.2. The van der Waals surface area contributed by atoms with Gasteiger partial charge in [-0.25, -0.2) is 0 Å². The first-order valence-corrected chi connectivity index (χ1v) is 6.50. The predicted octanol–water partition coefficient (Wildman–Crippen LogP) is 3.28. The Morgan fingerprint density at radius 1 is 1.00 bits per heavy atom. The van der Waals surface area contributed by atoms with Gasteiger partial charge in [0.05, 0.1) is 5.41 Å². The maximum atomic E-state index is 12.7. The molecular weight excluding hydrogens is 234 g/mol. The molecule has 0 fully saturated rings. The molecule has 1 aliphatic rings. The van der Waals surface area contributed by atoms with Crippen molar-refractivity contribution >= 4 is 11.6 Å². The summed E-state index contributed by atoms with van der Waals surface area (Å²) in [6.45, 7) is 4.07. The van der Waals surface area contributed by atoms with Gasteiger partial charge in [-0.15, -0.1) is 0 Å². The van der Waals surface area contributed by atoms with Gasteiger partial charge in [0.2, 0.25) is 5.91 Å². The summed E-state index contributed by atoms with van der Waals surface area (Å²) in [6.07, 6.45) is 0. The SMILES string of the molecule is Cc1ccc([C@@]2(C)C(=O)N(C)c3ccccc32)cc1. The van der Waals surface area contributed by atoms with Gasteiger partial charge < -0.3 is 4.90 Å². The number of carbonyl (C=O) groups is 1. The minimum absolute atomic E-state index is 0.137. The van der Waals surface area contributed by atoms with Crippen molar-refractivity contribution < 1.29 is 4.79 Å². The number of likely N-dealkylation sites (N-methyl/N-ethyl adjacent to an activating group) is 1. The molecule has 1 amide bonds. The molecule has 1 aliphatic heterocycles. The monoisotopic (exact) mass is 251 g/mol. The van der Waals surface area contributed by atoms with Gasteiger partial charge in [-0.1, -0.05) is 48.0 Å². The smallest absolute Gasteiger partial charge is 0.241 e. The highest BCUT2D eigenvalue weighted by Gasteiger charge is 2.46. The number of amides is 1. The van der Waals surface area contributed by atoms with Gasteiger partial charge in [-0.3, -0.25) is 4.79 Å². The van der Waals surface area contributed by atoms with Crippen LogP contribution in [0, 0.1) is 6.92 Å². The molecule has 1 heterocycles. The molecule has 0 aromatic heterocycles. The Hall–Kier alpha value is -2.09. The van der Waals surface area contributed by atoms with Crippen LogP contribution in [-0.4, -0.2) is 13.0 Å². The molecule has 0 spiro atoms. The number of fused-ring (bicyclic) bond motifs is 1. The number of anilines is 1. The van der Waals surface area contributed by atoms with E-state index in [-0.39, 0.29) is 5.91 Å². The molecule has 0 saturated carbocycles. The van der Waals surface area contributed by atoms with Crippen LogP contribution in [0.2, 0.25) is 0 Å². The van der Waals surface area contributed by atoms with Crippen molar-refractivity contribution in [2.75, 3.05) is 11.9 Å². The molecule has 0 aliphatic carbocycles. The quantitative estimate of drug-likeness (QED) is 0.761. The Labute approximate surface area is 113 Å². The van der Waals surface area contributed by atoms with Gasteiger partial charge >= 0.3 is 0 Å². The average molecular weight is 251 g/mol. The summed E-state index contributed by atoms with van der Waals surface area (Å²) >= 11 is 0. The van der Waals surface area contributed by atoms with Crippen LogP contribution in [0.25, 0.3) is 0 Å². The fourth-order valence-corrected chi connectivity index (χ4v) is 2.91. The van der Waals surface area contributed by atoms with E-state index in [1.807, 2.05) is 32.2 Å². The van der Waals surface area contributed by atoms with Gasteiger partial charge in [0.15, 0.2) is 0 Å². The Morgan fingerprint density at radius 3 is 2.32 bits per heavy atom. The fraction of sp³-hybridized carbons (Fsp3) is 0.235. The van der Waals surface area contributed by atoms with E-state index >= 15 is 0 Å². The second kappa shape index (κ2) is 3.95. The van der Waals surface area contributed by atoms with Crippen LogP contribution in [-0.2, 0) is 10.2 Å². The number of nitrogens with zero attached hydrogens (tertiary/aromatic N) is 1. The first-order chi connectivity index (χ1) is 9.05. The predicted molar refractivity (Wildman–Crippen MR) is 77.5 cm³/mol. The van der Waals surface area contributed by atoms with E-state index in [4.69, 9.17) is 0 Å². The van der Waals surface area contributed by atoms with E-state index in [1.165, 1.54) is 5.56 Å². The summed E-state index contributed by atoms with van der Waals surface area (Å²) in [4.78, 5) is 14.5. The molecule has 0 radical (unpaired) electrons. The molecular formula is C17H17NO. The third-order valence-electron chi connectivity index (χ3n) is 4.17. The van der Waals surface area contributed by atoms with Crippen LogP contribution >= 0.6 is 0 Å². The molecule has 0 N–H and O–H groups in total. The minimum atomic E-state index is -0.570. The van der Waals surface area contributed by atoms with Crippen LogP contribution < -0.4 is 4.90 Å². The molecule has 1 atom stereocenters. The maximum absolute atomic E-state index is 12.7. The summed E-state index contributed by atoms with van der Waals surface area (Å²) in [5.74, 6) is 0.137. The summed E-state index contributed by atoms with van der Waals surface area (Å²) < 4.78 is 0. The third-order valence-corrected chi connectivity index (χ3v) is 4.17. The first kappa shape index (κ1) is 12.0. The van der Waals surface area contributed by atoms with Gasteiger partial charge in [-0.05, 0) is 31.0 Å². The van der Waals surface area contributed by atoms with Gasteiger partial charge in [0.1, 0.15) is 0 Å². The topological polar surface area (TPSA) is 20.3 Å². The van der Waals surface area contributed by atoms with E-state index in [2.05, 4.69) is 37.3 Å². The summed E-state index contributed by atoms with van der Waals surface area (Å²) in [6, 6.07) is 16.3. The number of hydrogen-bond acceptors (Lipinski definition) is 1. The number of benzene rings is 2.